The molecule has 1 aromatic rings. The highest BCUT2D eigenvalue weighted by atomic mass is 16.5. The van der Waals surface area contributed by atoms with E-state index in [1.54, 1.807) is 18.2 Å². The van der Waals surface area contributed by atoms with Gasteiger partial charge in [-0.15, -0.1) is 0 Å². The number of hydrogen-bond acceptors (Lipinski definition) is 5. The zero-order chi connectivity index (χ0) is 16.6. The largest absolute Gasteiger partial charge is 0.497 e. The summed E-state index contributed by atoms with van der Waals surface area (Å²) < 4.78 is 15.9. The Morgan fingerprint density at radius 1 is 1.09 bits per heavy atom. The van der Waals surface area contributed by atoms with Crippen molar-refractivity contribution in [3.05, 3.63) is 18.2 Å². The zero-order valence-corrected chi connectivity index (χ0v) is 12.9. The van der Waals surface area contributed by atoms with Crippen molar-refractivity contribution < 1.29 is 28.9 Å². The predicted molar refractivity (Wildman–Crippen MR) is 80.7 cm³/mol. The van der Waals surface area contributed by atoms with Gasteiger partial charge in [0.25, 0.3) is 0 Å². The van der Waals surface area contributed by atoms with Crippen LogP contribution in [0.15, 0.2) is 18.2 Å². The van der Waals surface area contributed by atoms with Gasteiger partial charge in [0.2, 0.25) is 5.91 Å². The molecule has 0 spiro atoms. The molecule has 23 heavy (non-hydrogen) atoms. The fourth-order valence-corrected chi connectivity index (χ4v) is 3.43. The Morgan fingerprint density at radius 3 is 2.17 bits per heavy atom. The van der Waals surface area contributed by atoms with E-state index in [1.807, 2.05) is 0 Å². The van der Waals surface area contributed by atoms with Crippen molar-refractivity contribution in [2.24, 2.45) is 11.8 Å². The van der Waals surface area contributed by atoms with Gasteiger partial charge in [-0.2, -0.15) is 0 Å². The number of benzene rings is 1. The molecule has 1 aromatic carbocycles. The third-order valence-electron chi connectivity index (χ3n) is 4.48. The van der Waals surface area contributed by atoms with Gasteiger partial charge in [0.15, 0.2) is 0 Å². The van der Waals surface area contributed by atoms with Gasteiger partial charge in [0.05, 0.1) is 38.3 Å². The summed E-state index contributed by atoms with van der Waals surface area (Å²) in [4.78, 5) is 24.0. The molecule has 2 heterocycles. The number of carboxylic acids is 1. The van der Waals surface area contributed by atoms with Gasteiger partial charge in [0, 0.05) is 23.9 Å². The van der Waals surface area contributed by atoms with Crippen LogP contribution in [-0.4, -0.2) is 43.4 Å². The molecule has 4 atom stereocenters. The number of hydrogen-bond donors (Lipinski definition) is 2. The number of amides is 1. The van der Waals surface area contributed by atoms with Crippen LogP contribution in [0, 0.1) is 11.8 Å². The van der Waals surface area contributed by atoms with Gasteiger partial charge in [-0.1, -0.05) is 0 Å². The maximum atomic E-state index is 12.6. The highest BCUT2D eigenvalue weighted by molar-refractivity contribution is 5.96. The Labute approximate surface area is 133 Å². The number of carboxylic acid groups (broad SMARTS) is 1. The van der Waals surface area contributed by atoms with Crippen molar-refractivity contribution in [1.29, 1.82) is 0 Å². The Morgan fingerprint density at radius 2 is 1.65 bits per heavy atom. The van der Waals surface area contributed by atoms with Crippen molar-refractivity contribution in [3.8, 4) is 11.5 Å². The number of anilines is 1. The maximum absolute atomic E-state index is 12.6. The molecule has 7 nitrogen and oxygen atoms in total. The summed E-state index contributed by atoms with van der Waals surface area (Å²) in [5.74, 6) is -1.72. The summed E-state index contributed by atoms with van der Waals surface area (Å²) in [5.41, 5.74) is 0.498. The number of fused-ring (bicyclic) bond motifs is 2. The molecule has 2 aliphatic rings. The molecule has 2 fully saturated rings. The average Bonchev–Trinajstić information content (AvgIpc) is 3.15. The second kappa shape index (κ2) is 6.08. The average molecular weight is 321 g/mol. The van der Waals surface area contributed by atoms with Gasteiger partial charge in [-0.3, -0.25) is 9.59 Å². The minimum atomic E-state index is -0.986. The summed E-state index contributed by atoms with van der Waals surface area (Å²) in [6, 6.07) is 5.00. The van der Waals surface area contributed by atoms with Crippen molar-refractivity contribution >= 4 is 17.6 Å². The fourth-order valence-electron chi connectivity index (χ4n) is 3.43. The van der Waals surface area contributed by atoms with E-state index in [0.29, 0.717) is 30.0 Å². The third-order valence-corrected chi connectivity index (χ3v) is 4.48. The summed E-state index contributed by atoms with van der Waals surface area (Å²) in [6.07, 6.45) is 0.716. The normalized spacial score (nSPS) is 28.4. The van der Waals surface area contributed by atoms with Gasteiger partial charge < -0.3 is 24.6 Å². The van der Waals surface area contributed by atoms with Crippen molar-refractivity contribution in [2.45, 2.75) is 25.0 Å². The van der Waals surface area contributed by atoms with Gasteiger partial charge >= 0.3 is 5.97 Å². The molecule has 124 valence electrons. The first kappa shape index (κ1) is 15.6. The van der Waals surface area contributed by atoms with Crippen LogP contribution in [0.1, 0.15) is 12.8 Å². The van der Waals surface area contributed by atoms with Gasteiger partial charge in [-0.25, -0.2) is 0 Å². The second-order valence-electron chi connectivity index (χ2n) is 5.77. The third kappa shape index (κ3) is 2.84. The Balaban J connectivity index is 1.80. The predicted octanol–water partition coefficient (Wildman–Crippen LogP) is 1.52. The molecule has 2 N–H and O–H groups in total. The van der Waals surface area contributed by atoms with Crippen LogP contribution in [0.25, 0.3) is 0 Å². The molecule has 0 aliphatic carbocycles. The summed E-state index contributed by atoms with van der Waals surface area (Å²) in [7, 11) is 3.04. The van der Waals surface area contributed by atoms with E-state index in [0.717, 1.165) is 0 Å². The Hall–Kier alpha value is -2.28. The first-order chi connectivity index (χ1) is 11.0. The van der Waals surface area contributed by atoms with Crippen LogP contribution < -0.4 is 14.8 Å². The lowest BCUT2D eigenvalue weighted by molar-refractivity contribution is -0.147. The van der Waals surface area contributed by atoms with Crippen LogP contribution in [0.5, 0.6) is 11.5 Å². The minimum Gasteiger partial charge on any atom is -0.497 e. The molecule has 3 rings (SSSR count). The molecule has 2 saturated heterocycles. The van der Waals surface area contributed by atoms with E-state index < -0.39 is 17.8 Å². The fraction of sp³-hybridized carbons (Fsp3) is 0.500. The first-order valence-electron chi connectivity index (χ1n) is 7.45. The van der Waals surface area contributed by atoms with Crippen molar-refractivity contribution in [2.75, 3.05) is 19.5 Å². The molecule has 0 aromatic heterocycles. The van der Waals surface area contributed by atoms with E-state index in [9.17, 15) is 14.7 Å². The van der Waals surface area contributed by atoms with Crippen LogP contribution in [-0.2, 0) is 14.3 Å². The molecule has 2 aliphatic heterocycles. The second-order valence-corrected chi connectivity index (χ2v) is 5.77. The first-order valence-corrected chi connectivity index (χ1v) is 7.45. The zero-order valence-electron chi connectivity index (χ0n) is 12.9. The van der Waals surface area contributed by atoms with Crippen LogP contribution in [0.3, 0.4) is 0 Å². The molecule has 1 amide bonds. The van der Waals surface area contributed by atoms with Crippen LogP contribution in [0.4, 0.5) is 5.69 Å². The highest BCUT2D eigenvalue weighted by Crippen LogP contribution is 2.44. The monoisotopic (exact) mass is 321 g/mol. The van der Waals surface area contributed by atoms with Crippen molar-refractivity contribution in [1.82, 2.24) is 0 Å². The molecule has 2 bridgehead atoms. The van der Waals surface area contributed by atoms with Crippen LogP contribution >= 0.6 is 0 Å². The molecular weight excluding hydrogens is 302 g/mol. The lowest BCUT2D eigenvalue weighted by atomic mass is 9.78. The number of aliphatic carboxylic acids is 1. The number of rotatable bonds is 5. The van der Waals surface area contributed by atoms with Gasteiger partial charge in [0.1, 0.15) is 11.5 Å². The standard InChI is InChI=1S/C16H19NO6/c1-21-9-5-8(6-10(7-9)22-2)17-15(18)13-11-3-4-12(23-11)14(13)16(19)20/h5-7,11-14H,3-4H2,1-2H3,(H,17,18)(H,19,20)/t11-,12-,13+,14-/m1/s1. The molecule has 0 unspecified atom stereocenters. The lowest BCUT2D eigenvalue weighted by Crippen LogP contribution is -2.40. The Kier molecular flexibility index (Phi) is 4.12. The molecule has 7 heteroatoms. The molecule has 0 saturated carbocycles. The number of carbonyl (C=O) groups is 2. The van der Waals surface area contributed by atoms with Gasteiger partial charge in [-0.05, 0) is 12.8 Å². The number of methoxy groups -OCH3 is 2. The topological polar surface area (TPSA) is 94.1 Å². The smallest absolute Gasteiger partial charge is 0.310 e. The number of ether oxygens (including phenoxy) is 3. The van der Waals surface area contributed by atoms with Crippen molar-refractivity contribution in [3.63, 3.8) is 0 Å². The van der Waals surface area contributed by atoms with E-state index in [-0.39, 0.29) is 18.1 Å². The summed E-state index contributed by atoms with van der Waals surface area (Å²) in [5, 5.41) is 12.1. The summed E-state index contributed by atoms with van der Waals surface area (Å²) >= 11 is 0. The van der Waals surface area contributed by atoms with E-state index >= 15 is 0 Å². The van der Waals surface area contributed by atoms with E-state index in [4.69, 9.17) is 14.2 Å². The molecule has 0 radical (unpaired) electrons. The maximum Gasteiger partial charge on any atom is 0.310 e. The van der Waals surface area contributed by atoms with E-state index in [1.165, 1.54) is 14.2 Å². The van der Waals surface area contributed by atoms with E-state index in [2.05, 4.69) is 5.32 Å². The van der Waals surface area contributed by atoms with Crippen LogP contribution in [0.2, 0.25) is 0 Å². The minimum absolute atomic E-state index is 0.325. The molecular formula is C16H19NO6. The number of carbonyl (C=O) groups excluding carboxylic acids is 1. The Bertz CT molecular complexity index is 609. The quantitative estimate of drug-likeness (QED) is 0.854. The number of nitrogens with one attached hydrogen (secondary N) is 1. The SMILES string of the molecule is COc1cc(NC(=O)[C@@H]2[C@H](C(=O)O)[C@H]3CC[C@H]2O3)cc(OC)c1. The lowest BCUT2D eigenvalue weighted by Gasteiger charge is -2.24. The summed E-state index contributed by atoms with van der Waals surface area (Å²) in [6.45, 7) is 0. The highest BCUT2D eigenvalue weighted by Gasteiger charge is 2.55.